The normalized spacial score (nSPS) is 10.8. The van der Waals surface area contributed by atoms with E-state index < -0.39 is 0 Å². The summed E-state index contributed by atoms with van der Waals surface area (Å²) < 4.78 is 5.09. The molecule has 0 aromatic carbocycles. The summed E-state index contributed by atoms with van der Waals surface area (Å²) in [5.41, 5.74) is 6.63. The number of methoxy groups -OCH3 is 1. The van der Waals surface area contributed by atoms with E-state index in [0.717, 1.165) is 15.6 Å². The first-order chi connectivity index (χ1) is 7.35. The summed E-state index contributed by atoms with van der Waals surface area (Å²) in [4.78, 5) is 6.84. The molecule has 3 nitrogen and oxygen atoms in total. The zero-order valence-electron chi connectivity index (χ0n) is 8.40. The lowest BCUT2D eigenvalue weighted by Crippen LogP contribution is -1.99. The molecule has 2 rings (SSSR count). The van der Waals surface area contributed by atoms with E-state index in [1.54, 1.807) is 29.8 Å². The predicted molar refractivity (Wildman–Crippen MR) is 64.0 cm³/mol. The third kappa shape index (κ3) is 2.26. The van der Waals surface area contributed by atoms with Gasteiger partial charge in [0.15, 0.2) is 0 Å². The Labute approximate surface area is 96.5 Å². The minimum absolute atomic E-state index is 0.529. The van der Waals surface area contributed by atoms with Crippen molar-refractivity contribution in [1.82, 2.24) is 4.98 Å². The van der Waals surface area contributed by atoms with E-state index in [1.807, 2.05) is 6.07 Å². The van der Waals surface area contributed by atoms with E-state index in [-0.39, 0.29) is 0 Å². The summed E-state index contributed by atoms with van der Waals surface area (Å²) in [6.45, 7) is 1.07. The quantitative estimate of drug-likeness (QED) is 0.893. The molecule has 0 saturated heterocycles. The number of rotatable bonds is 4. The Morgan fingerprint density at radius 2 is 2.40 bits per heavy atom. The molecule has 0 aliphatic heterocycles. The summed E-state index contributed by atoms with van der Waals surface area (Å²) in [5, 5.41) is 3.09. The van der Waals surface area contributed by atoms with Crippen LogP contribution in [0, 0.1) is 0 Å². The fourth-order valence-corrected chi connectivity index (χ4v) is 3.04. The van der Waals surface area contributed by atoms with Gasteiger partial charge < -0.3 is 10.5 Å². The largest absolute Gasteiger partial charge is 0.378 e. The molecule has 0 bridgehead atoms. The van der Waals surface area contributed by atoms with E-state index in [9.17, 15) is 0 Å². The maximum Gasteiger partial charge on any atom is 0.134 e. The molecule has 0 aliphatic rings. The summed E-state index contributed by atoms with van der Waals surface area (Å²) >= 11 is 3.34. The average Bonchev–Trinajstić information content (AvgIpc) is 2.84. The van der Waals surface area contributed by atoms with Crippen molar-refractivity contribution >= 4 is 22.7 Å². The zero-order chi connectivity index (χ0) is 10.7. The van der Waals surface area contributed by atoms with Gasteiger partial charge in [0.2, 0.25) is 0 Å². The second kappa shape index (κ2) is 4.85. The Morgan fingerprint density at radius 3 is 3.00 bits per heavy atom. The monoisotopic (exact) mass is 240 g/mol. The first-order valence-corrected chi connectivity index (χ1v) is 6.26. The Bertz CT molecular complexity index is 423. The second-order valence-electron chi connectivity index (χ2n) is 3.00. The minimum atomic E-state index is 0.529. The maximum atomic E-state index is 5.67. The van der Waals surface area contributed by atoms with Crippen molar-refractivity contribution in [3.8, 4) is 9.88 Å². The molecule has 0 spiro atoms. The minimum Gasteiger partial charge on any atom is -0.378 e. The van der Waals surface area contributed by atoms with Gasteiger partial charge in [-0.2, -0.15) is 0 Å². The molecule has 2 N–H and O–H groups in total. The van der Waals surface area contributed by atoms with E-state index >= 15 is 0 Å². The number of hydrogen-bond acceptors (Lipinski definition) is 5. The van der Waals surface area contributed by atoms with E-state index in [0.29, 0.717) is 13.2 Å². The number of aromatic nitrogens is 1. The number of hydrogen-bond donors (Lipinski definition) is 1. The van der Waals surface area contributed by atoms with E-state index in [1.165, 1.54) is 4.88 Å². The molecule has 15 heavy (non-hydrogen) atoms. The number of nitrogens with two attached hydrogens (primary N) is 1. The topological polar surface area (TPSA) is 48.1 Å². The predicted octanol–water partition coefficient (Wildman–Crippen LogP) is 2.48. The molecule has 5 heteroatoms. The standard InChI is InChI=1S/C10H12N2OS2/c1-13-6-7-9(5-11)15-10(12-7)8-3-2-4-14-8/h2-4H,5-6,11H2,1H3. The highest BCUT2D eigenvalue weighted by atomic mass is 32.1. The van der Waals surface area contributed by atoms with Crippen LogP contribution in [0.4, 0.5) is 0 Å². The Hall–Kier alpha value is -0.750. The van der Waals surface area contributed by atoms with Gasteiger partial charge >= 0.3 is 0 Å². The van der Waals surface area contributed by atoms with Gasteiger partial charge in [-0.05, 0) is 11.4 Å². The lowest BCUT2D eigenvalue weighted by molar-refractivity contribution is 0.181. The number of thiophene rings is 1. The van der Waals surface area contributed by atoms with Crippen LogP contribution in [0.25, 0.3) is 9.88 Å². The number of nitrogens with zero attached hydrogens (tertiary/aromatic N) is 1. The van der Waals surface area contributed by atoms with Crippen LogP contribution < -0.4 is 5.73 Å². The van der Waals surface area contributed by atoms with Gasteiger partial charge in [-0.3, -0.25) is 0 Å². The van der Waals surface area contributed by atoms with Crippen molar-refractivity contribution in [2.45, 2.75) is 13.2 Å². The summed E-state index contributed by atoms with van der Waals surface area (Å²) in [7, 11) is 1.67. The number of ether oxygens (including phenoxy) is 1. The van der Waals surface area contributed by atoms with Crippen molar-refractivity contribution in [2.24, 2.45) is 5.73 Å². The SMILES string of the molecule is COCc1nc(-c2cccs2)sc1CN. The zero-order valence-corrected chi connectivity index (χ0v) is 10.0. The van der Waals surface area contributed by atoms with Crippen molar-refractivity contribution in [1.29, 1.82) is 0 Å². The summed E-state index contributed by atoms with van der Waals surface area (Å²) in [6, 6.07) is 4.10. The van der Waals surface area contributed by atoms with Crippen LogP contribution in [0.3, 0.4) is 0 Å². The van der Waals surface area contributed by atoms with Crippen molar-refractivity contribution < 1.29 is 4.74 Å². The lowest BCUT2D eigenvalue weighted by atomic mass is 10.4. The van der Waals surface area contributed by atoms with Gasteiger partial charge in [0.05, 0.1) is 17.2 Å². The molecule has 2 aromatic heterocycles. The molecular weight excluding hydrogens is 228 g/mol. The van der Waals surface area contributed by atoms with Gasteiger partial charge in [0, 0.05) is 18.5 Å². The Kier molecular flexibility index (Phi) is 3.48. The van der Waals surface area contributed by atoms with Crippen LogP contribution >= 0.6 is 22.7 Å². The van der Waals surface area contributed by atoms with Crippen molar-refractivity contribution in [3.05, 3.63) is 28.1 Å². The molecule has 0 radical (unpaired) electrons. The van der Waals surface area contributed by atoms with E-state index in [2.05, 4.69) is 16.4 Å². The first-order valence-electron chi connectivity index (χ1n) is 4.56. The van der Waals surface area contributed by atoms with Crippen LogP contribution in [0.2, 0.25) is 0 Å². The summed E-state index contributed by atoms with van der Waals surface area (Å²) in [5.74, 6) is 0. The van der Waals surface area contributed by atoms with Gasteiger partial charge in [-0.25, -0.2) is 4.98 Å². The van der Waals surface area contributed by atoms with Crippen LogP contribution in [-0.4, -0.2) is 12.1 Å². The molecule has 0 fully saturated rings. The fraction of sp³-hybridized carbons (Fsp3) is 0.300. The van der Waals surface area contributed by atoms with Crippen molar-refractivity contribution in [2.75, 3.05) is 7.11 Å². The molecule has 0 aliphatic carbocycles. The Balaban J connectivity index is 2.34. The fourth-order valence-electron chi connectivity index (χ4n) is 1.30. The molecule has 0 unspecified atom stereocenters. The molecule has 2 heterocycles. The number of thiazole rings is 1. The molecule has 80 valence electrons. The molecule has 2 aromatic rings. The molecule has 0 atom stereocenters. The van der Waals surface area contributed by atoms with Crippen LogP contribution in [0.5, 0.6) is 0 Å². The average molecular weight is 240 g/mol. The lowest BCUT2D eigenvalue weighted by Gasteiger charge is -1.95. The highest BCUT2D eigenvalue weighted by Gasteiger charge is 2.11. The van der Waals surface area contributed by atoms with Crippen molar-refractivity contribution in [3.63, 3.8) is 0 Å². The molecule has 0 amide bonds. The molecular formula is C10H12N2OS2. The van der Waals surface area contributed by atoms with E-state index in [4.69, 9.17) is 10.5 Å². The highest BCUT2D eigenvalue weighted by molar-refractivity contribution is 7.21. The smallest absolute Gasteiger partial charge is 0.134 e. The van der Waals surface area contributed by atoms with Gasteiger partial charge in [-0.15, -0.1) is 22.7 Å². The third-order valence-electron chi connectivity index (χ3n) is 1.98. The molecule has 0 saturated carbocycles. The highest BCUT2D eigenvalue weighted by Crippen LogP contribution is 2.31. The third-order valence-corrected chi connectivity index (χ3v) is 4.14. The Morgan fingerprint density at radius 1 is 1.53 bits per heavy atom. The second-order valence-corrected chi connectivity index (χ2v) is 5.03. The maximum absolute atomic E-state index is 5.67. The van der Waals surface area contributed by atoms with Gasteiger partial charge in [0.25, 0.3) is 0 Å². The van der Waals surface area contributed by atoms with Gasteiger partial charge in [-0.1, -0.05) is 6.07 Å². The van der Waals surface area contributed by atoms with Crippen LogP contribution in [0.1, 0.15) is 10.6 Å². The summed E-state index contributed by atoms with van der Waals surface area (Å²) in [6.07, 6.45) is 0. The van der Waals surface area contributed by atoms with Crippen LogP contribution in [0.15, 0.2) is 17.5 Å². The first kappa shape index (κ1) is 10.8. The van der Waals surface area contributed by atoms with Gasteiger partial charge in [0.1, 0.15) is 5.01 Å². The van der Waals surface area contributed by atoms with Crippen LogP contribution in [-0.2, 0) is 17.9 Å².